The number of urea groups is 1. The van der Waals surface area contributed by atoms with Crippen LogP contribution in [0.4, 0.5) is 4.79 Å². The summed E-state index contributed by atoms with van der Waals surface area (Å²) in [6.45, 7) is 7.93. The Kier molecular flexibility index (Phi) is 11.4. The van der Waals surface area contributed by atoms with Gasteiger partial charge in [-0.1, -0.05) is 41.9 Å². The number of rotatable bonds is 15. The van der Waals surface area contributed by atoms with Crippen molar-refractivity contribution in [3.05, 3.63) is 58.1 Å². The quantitative estimate of drug-likeness (QED) is 0.213. The molecule has 1 saturated carbocycles. The van der Waals surface area contributed by atoms with Crippen molar-refractivity contribution in [1.82, 2.24) is 10.2 Å². The Labute approximate surface area is 245 Å². The molecule has 0 aromatic heterocycles. The third-order valence-electron chi connectivity index (χ3n) is 7.16. The molecule has 11 heteroatoms. The monoisotopic (exact) mass is 590 g/mol. The average Bonchev–Trinajstić information content (AvgIpc) is 2.92. The van der Waals surface area contributed by atoms with E-state index in [0.29, 0.717) is 24.5 Å². The molecule has 2 N–H and O–H groups in total. The number of halogens is 1. The van der Waals surface area contributed by atoms with Crippen LogP contribution >= 0.6 is 11.6 Å². The highest BCUT2D eigenvalue weighted by atomic mass is 35.5. The van der Waals surface area contributed by atoms with Crippen molar-refractivity contribution < 1.29 is 38.4 Å². The Hall–Kier alpha value is -3.34. The van der Waals surface area contributed by atoms with Crippen molar-refractivity contribution in [1.29, 1.82) is 0 Å². The van der Waals surface area contributed by atoms with Crippen molar-refractivity contribution in [3.63, 3.8) is 0 Å². The van der Waals surface area contributed by atoms with Gasteiger partial charge in [0.25, 0.3) is 0 Å². The predicted octanol–water partition coefficient (Wildman–Crippen LogP) is 5.26. The lowest BCUT2D eigenvalue weighted by molar-refractivity contribution is -0.155. The zero-order chi connectivity index (χ0) is 30.2. The van der Waals surface area contributed by atoms with E-state index in [1.807, 2.05) is 30.3 Å². The number of carbonyl (C=O) groups excluding carboxylic acids is 2. The Morgan fingerprint density at radius 2 is 1.80 bits per heavy atom. The number of amides is 2. The van der Waals surface area contributed by atoms with Gasteiger partial charge in [0.1, 0.15) is 16.9 Å². The SMILES string of the molecule is CCOc1cc([C@@H](C)N(CCOCc2ccccc2)C(=O)NC2(C(=O)O)CC(OC)C2)c(Cl)c(OCC)c1C(C)=O. The highest BCUT2D eigenvalue weighted by Crippen LogP contribution is 2.43. The number of carboxylic acid groups (broad SMARTS) is 1. The summed E-state index contributed by atoms with van der Waals surface area (Å²) in [6, 6.07) is 9.98. The maximum Gasteiger partial charge on any atom is 0.329 e. The third kappa shape index (κ3) is 7.49. The van der Waals surface area contributed by atoms with Gasteiger partial charge in [-0.15, -0.1) is 0 Å². The van der Waals surface area contributed by atoms with Crippen molar-refractivity contribution in [2.24, 2.45) is 0 Å². The summed E-state index contributed by atoms with van der Waals surface area (Å²) in [4.78, 5) is 39.9. The van der Waals surface area contributed by atoms with Crippen LogP contribution in [0, 0.1) is 0 Å². The van der Waals surface area contributed by atoms with Gasteiger partial charge in [-0.25, -0.2) is 9.59 Å². The van der Waals surface area contributed by atoms with Gasteiger partial charge >= 0.3 is 12.0 Å². The number of Topliss-reactive ketones (excluding diaryl/α,β-unsaturated/α-hetero) is 1. The lowest BCUT2D eigenvalue weighted by Crippen LogP contribution is -2.66. The van der Waals surface area contributed by atoms with E-state index in [-0.39, 0.29) is 60.8 Å². The molecule has 0 unspecified atom stereocenters. The fraction of sp³-hybridized carbons (Fsp3) is 0.500. The van der Waals surface area contributed by atoms with E-state index in [1.54, 1.807) is 26.8 Å². The lowest BCUT2D eigenvalue weighted by atomic mass is 9.74. The van der Waals surface area contributed by atoms with Crippen LogP contribution in [0.3, 0.4) is 0 Å². The van der Waals surface area contributed by atoms with E-state index in [9.17, 15) is 19.5 Å². The van der Waals surface area contributed by atoms with Crippen molar-refractivity contribution in [2.75, 3.05) is 33.5 Å². The summed E-state index contributed by atoms with van der Waals surface area (Å²) in [7, 11) is 1.51. The molecule has 0 spiro atoms. The largest absolute Gasteiger partial charge is 0.493 e. The first-order valence-electron chi connectivity index (χ1n) is 13.7. The molecule has 224 valence electrons. The van der Waals surface area contributed by atoms with E-state index in [2.05, 4.69) is 5.32 Å². The molecule has 10 nitrogen and oxygen atoms in total. The summed E-state index contributed by atoms with van der Waals surface area (Å²) in [5.74, 6) is -0.936. The van der Waals surface area contributed by atoms with Gasteiger partial charge in [0.15, 0.2) is 11.5 Å². The molecule has 1 fully saturated rings. The minimum Gasteiger partial charge on any atom is -0.493 e. The molecule has 0 radical (unpaired) electrons. The number of nitrogens with one attached hydrogen (secondary N) is 1. The molecule has 0 heterocycles. The molecule has 41 heavy (non-hydrogen) atoms. The van der Waals surface area contributed by atoms with Gasteiger partial charge in [0, 0.05) is 32.1 Å². The number of aliphatic carboxylic acids is 1. The Morgan fingerprint density at radius 3 is 2.37 bits per heavy atom. The number of nitrogens with zero attached hydrogens (tertiary/aromatic N) is 1. The van der Waals surface area contributed by atoms with Crippen molar-refractivity contribution in [2.45, 2.75) is 64.8 Å². The van der Waals surface area contributed by atoms with Crippen LogP contribution in [0.15, 0.2) is 36.4 Å². The summed E-state index contributed by atoms with van der Waals surface area (Å²) >= 11 is 6.82. The Bertz CT molecular complexity index is 1220. The molecule has 2 amide bonds. The minimum absolute atomic E-state index is 0.127. The smallest absolute Gasteiger partial charge is 0.329 e. The molecule has 1 aliphatic rings. The Balaban J connectivity index is 1.95. The number of hydrogen-bond donors (Lipinski definition) is 2. The van der Waals surface area contributed by atoms with E-state index in [1.165, 1.54) is 18.9 Å². The summed E-state index contributed by atoms with van der Waals surface area (Å²) < 4.78 is 22.7. The zero-order valence-electron chi connectivity index (χ0n) is 24.2. The summed E-state index contributed by atoms with van der Waals surface area (Å²) in [5.41, 5.74) is 0.235. The van der Waals surface area contributed by atoms with E-state index < -0.39 is 23.6 Å². The van der Waals surface area contributed by atoms with Crippen LogP contribution in [-0.4, -0.2) is 72.9 Å². The summed E-state index contributed by atoms with van der Waals surface area (Å²) in [5, 5.41) is 12.8. The topological polar surface area (TPSA) is 124 Å². The molecule has 0 saturated heterocycles. The third-order valence-corrected chi connectivity index (χ3v) is 7.55. The van der Waals surface area contributed by atoms with Gasteiger partial charge < -0.3 is 34.3 Å². The van der Waals surface area contributed by atoms with E-state index in [4.69, 9.17) is 30.5 Å². The number of methoxy groups -OCH3 is 1. The van der Waals surface area contributed by atoms with Crippen LogP contribution in [0.25, 0.3) is 0 Å². The molecule has 0 bridgehead atoms. The Morgan fingerprint density at radius 1 is 1.15 bits per heavy atom. The van der Waals surface area contributed by atoms with Gasteiger partial charge in [-0.05, 0) is 39.3 Å². The van der Waals surface area contributed by atoms with Crippen LogP contribution in [0.2, 0.25) is 5.02 Å². The second kappa shape index (κ2) is 14.5. The average molecular weight is 591 g/mol. The standard InChI is InChI=1S/C30H39ClN2O8/c1-6-40-24-15-23(26(31)27(41-7-2)25(24)20(4)34)19(3)33(13-14-39-18-21-11-9-8-10-12-21)29(37)32-30(28(35)36)16-22(17-30)38-5/h8-12,15,19,22H,6-7,13-14,16-18H2,1-5H3,(H,32,37)(H,35,36)/t19-,22?,30?/m1/s1. The number of hydrogen-bond acceptors (Lipinski definition) is 7. The van der Waals surface area contributed by atoms with Crippen molar-refractivity contribution >= 4 is 29.4 Å². The number of carboxylic acids is 1. The number of benzene rings is 2. The molecule has 2 aromatic carbocycles. The fourth-order valence-corrected chi connectivity index (χ4v) is 5.23. The van der Waals surface area contributed by atoms with E-state index in [0.717, 1.165) is 5.56 Å². The van der Waals surface area contributed by atoms with Crippen molar-refractivity contribution in [3.8, 4) is 11.5 Å². The fourth-order valence-electron chi connectivity index (χ4n) is 4.87. The van der Waals surface area contributed by atoms with Crippen LogP contribution in [0.5, 0.6) is 11.5 Å². The molecule has 2 aromatic rings. The van der Waals surface area contributed by atoms with E-state index >= 15 is 0 Å². The number of carbonyl (C=O) groups is 3. The highest BCUT2D eigenvalue weighted by molar-refractivity contribution is 6.33. The lowest BCUT2D eigenvalue weighted by Gasteiger charge is -2.45. The van der Waals surface area contributed by atoms with Crippen LogP contribution in [-0.2, 0) is 20.9 Å². The molecule has 1 aliphatic carbocycles. The maximum atomic E-state index is 13.7. The molecular formula is C30H39ClN2O8. The molecule has 1 atom stereocenters. The van der Waals surface area contributed by atoms with Crippen LogP contribution < -0.4 is 14.8 Å². The second-order valence-electron chi connectivity index (χ2n) is 9.90. The number of ether oxygens (including phenoxy) is 4. The highest BCUT2D eigenvalue weighted by Gasteiger charge is 2.52. The van der Waals surface area contributed by atoms with Gasteiger partial charge in [0.2, 0.25) is 0 Å². The normalized spacial score (nSPS) is 18.6. The van der Waals surface area contributed by atoms with Crippen LogP contribution in [0.1, 0.15) is 68.1 Å². The zero-order valence-corrected chi connectivity index (χ0v) is 25.0. The summed E-state index contributed by atoms with van der Waals surface area (Å²) in [6.07, 6.45) is 0.0328. The van der Waals surface area contributed by atoms with Gasteiger partial charge in [-0.3, -0.25) is 4.79 Å². The first-order valence-corrected chi connectivity index (χ1v) is 14.1. The molecular weight excluding hydrogens is 552 g/mol. The van der Waals surface area contributed by atoms with Gasteiger partial charge in [0.05, 0.1) is 43.6 Å². The molecule has 0 aliphatic heterocycles. The van der Waals surface area contributed by atoms with Gasteiger partial charge in [-0.2, -0.15) is 0 Å². The minimum atomic E-state index is -1.45. The first-order chi connectivity index (χ1) is 19.6. The first kappa shape index (κ1) is 32.2. The number of ketones is 1. The maximum absolute atomic E-state index is 13.7. The predicted molar refractivity (Wildman–Crippen MR) is 154 cm³/mol. The second-order valence-corrected chi connectivity index (χ2v) is 10.3. The molecule has 3 rings (SSSR count).